The summed E-state index contributed by atoms with van der Waals surface area (Å²) in [7, 11) is 0. The van der Waals surface area contributed by atoms with Crippen LogP contribution in [0.2, 0.25) is 0 Å². The monoisotopic (exact) mass is 603 g/mol. The Morgan fingerprint density at radius 3 is 2.05 bits per heavy atom. The number of piperazine rings is 1. The van der Waals surface area contributed by atoms with Crippen LogP contribution < -0.4 is 0 Å². The van der Waals surface area contributed by atoms with Gasteiger partial charge in [0.2, 0.25) is 0 Å². The molecular weight excluding hydrogens is 572 g/mol. The lowest BCUT2D eigenvalue weighted by atomic mass is 9.97. The van der Waals surface area contributed by atoms with Crippen molar-refractivity contribution >= 4 is 16.7 Å². The molecule has 3 aromatic rings. The molecular formula is C32H31F6N3O2. The van der Waals surface area contributed by atoms with Crippen LogP contribution in [0, 0.1) is 11.8 Å². The van der Waals surface area contributed by atoms with Gasteiger partial charge in [-0.05, 0) is 41.0 Å². The smallest absolute Gasteiger partial charge is 0.379 e. The van der Waals surface area contributed by atoms with E-state index in [-0.39, 0.29) is 12.6 Å². The molecule has 1 amide bonds. The van der Waals surface area contributed by atoms with Gasteiger partial charge in [-0.25, -0.2) is 0 Å². The summed E-state index contributed by atoms with van der Waals surface area (Å²) in [6.07, 6.45) is -9.71. The largest absolute Gasteiger partial charge is 0.416 e. The van der Waals surface area contributed by atoms with Crippen molar-refractivity contribution in [2.75, 3.05) is 59.0 Å². The van der Waals surface area contributed by atoms with Crippen molar-refractivity contribution in [2.24, 2.45) is 0 Å². The molecule has 0 aromatic heterocycles. The first-order chi connectivity index (χ1) is 20.5. The fraction of sp³-hybridized carbons (Fsp3) is 0.406. The zero-order valence-electron chi connectivity index (χ0n) is 23.3. The number of hydrogen-bond donors (Lipinski definition) is 0. The van der Waals surface area contributed by atoms with Gasteiger partial charge in [-0.1, -0.05) is 54.3 Å². The zero-order chi connectivity index (χ0) is 30.6. The summed E-state index contributed by atoms with van der Waals surface area (Å²) >= 11 is 0. The molecule has 1 atom stereocenters. The number of ether oxygens (including phenoxy) is 1. The minimum Gasteiger partial charge on any atom is -0.379 e. The Bertz CT molecular complexity index is 1470. The van der Waals surface area contributed by atoms with Gasteiger partial charge in [0, 0.05) is 44.3 Å². The highest BCUT2D eigenvalue weighted by Crippen LogP contribution is 2.37. The molecule has 0 saturated carbocycles. The van der Waals surface area contributed by atoms with E-state index < -0.39 is 41.0 Å². The average molecular weight is 604 g/mol. The lowest BCUT2D eigenvalue weighted by molar-refractivity contribution is -0.143. The van der Waals surface area contributed by atoms with Gasteiger partial charge >= 0.3 is 12.4 Å². The molecule has 2 fully saturated rings. The normalized spacial score (nSPS) is 18.8. The number of rotatable bonds is 5. The number of amides is 1. The van der Waals surface area contributed by atoms with E-state index in [4.69, 9.17) is 4.74 Å². The number of carbonyl (C=O) groups excluding carboxylic acids is 1. The lowest BCUT2D eigenvalue weighted by Crippen LogP contribution is -2.56. The second-order valence-corrected chi connectivity index (χ2v) is 10.8. The molecule has 2 aliphatic heterocycles. The molecule has 0 radical (unpaired) electrons. The van der Waals surface area contributed by atoms with Crippen LogP contribution in [0.5, 0.6) is 0 Å². The van der Waals surface area contributed by atoms with E-state index in [0.717, 1.165) is 29.4 Å². The number of fused-ring (bicyclic) bond motifs is 1. The van der Waals surface area contributed by atoms with Crippen LogP contribution in [0.3, 0.4) is 0 Å². The quantitative estimate of drug-likeness (QED) is 0.282. The number of morpholine rings is 1. The summed E-state index contributed by atoms with van der Waals surface area (Å²) < 4.78 is 86.5. The molecule has 2 aliphatic rings. The maximum atomic E-state index is 13.6. The van der Waals surface area contributed by atoms with E-state index in [1.807, 2.05) is 42.5 Å². The Kier molecular flexibility index (Phi) is 9.30. The summed E-state index contributed by atoms with van der Waals surface area (Å²) in [5.74, 6) is 5.49. The highest BCUT2D eigenvalue weighted by atomic mass is 19.4. The Morgan fingerprint density at radius 2 is 1.40 bits per heavy atom. The van der Waals surface area contributed by atoms with E-state index in [9.17, 15) is 31.1 Å². The van der Waals surface area contributed by atoms with Crippen molar-refractivity contribution in [1.82, 2.24) is 14.7 Å². The first-order valence-electron chi connectivity index (χ1n) is 14.0. The maximum absolute atomic E-state index is 13.6. The van der Waals surface area contributed by atoms with Crippen LogP contribution in [-0.4, -0.2) is 85.7 Å². The first kappa shape index (κ1) is 30.9. The molecule has 3 aromatic carbocycles. The van der Waals surface area contributed by atoms with Gasteiger partial charge in [0.05, 0.1) is 37.4 Å². The second kappa shape index (κ2) is 13.0. The Labute approximate surface area is 246 Å². The van der Waals surface area contributed by atoms with Gasteiger partial charge < -0.3 is 9.64 Å². The summed E-state index contributed by atoms with van der Waals surface area (Å²) in [6.45, 7) is 4.91. The van der Waals surface area contributed by atoms with Gasteiger partial charge in [0.25, 0.3) is 5.91 Å². The van der Waals surface area contributed by atoms with E-state index in [1.54, 1.807) is 0 Å². The molecule has 0 spiro atoms. The van der Waals surface area contributed by atoms with Gasteiger partial charge in [0.15, 0.2) is 0 Å². The number of nitrogens with zero attached hydrogens (tertiary/aromatic N) is 3. The van der Waals surface area contributed by atoms with Crippen molar-refractivity contribution in [2.45, 2.75) is 24.8 Å². The van der Waals surface area contributed by atoms with E-state index in [0.29, 0.717) is 57.9 Å². The standard InChI is InChI=1S/C32H31F6N3O2/c33-31(34,35)27-19-26(20-28(21-27)32(36,37)38)30(42)41-12-11-40(10-4-3-9-39-13-15-43-16-14-39)22-29(41)18-23-7-8-24-5-1-2-6-25(24)17-23/h1-2,5-8,17,19-21,29H,9-16,18,22H2/t29-/m1/s1. The average Bonchev–Trinajstić information content (AvgIpc) is 2.98. The highest BCUT2D eigenvalue weighted by molar-refractivity contribution is 5.95. The van der Waals surface area contributed by atoms with Crippen LogP contribution in [-0.2, 0) is 23.5 Å². The maximum Gasteiger partial charge on any atom is 0.416 e. The third-order valence-corrected chi connectivity index (χ3v) is 7.78. The predicted octanol–water partition coefficient (Wildman–Crippen LogP) is 5.58. The van der Waals surface area contributed by atoms with Gasteiger partial charge in [0.1, 0.15) is 0 Å². The van der Waals surface area contributed by atoms with Crippen LogP contribution in [0.4, 0.5) is 26.3 Å². The first-order valence-corrected chi connectivity index (χ1v) is 14.0. The van der Waals surface area contributed by atoms with Crippen LogP contribution in [0.25, 0.3) is 10.8 Å². The van der Waals surface area contributed by atoms with Gasteiger partial charge in [-0.3, -0.25) is 14.6 Å². The summed E-state index contributed by atoms with van der Waals surface area (Å²) in [6, 6.07) is 14.2. The van der Waals surface area contributed by atoms with Crippen molar-refractivity contribution in [3.63, 3.8) is 0 Å². The highest BCUT2D eigenvalue weighted by Gasteiger charge is 2.39. The van der Waals surface area contributed by atoms with Crippen molar-refractivity contribution in [1.29, 1.82) is 0 Å². The summed E-state index contributed by atoms with van der Waals surface area (Å²) in [5.41, 5.74) is -2.75. The SMILES string of the molecule is O=C(c1cc(C(F)(F)F)cc(C(F)(F)F)c1)N1CCN(CC#CCN2CCOCC2)C[C@H]1Cc1ccc2ccccc2c1. The van der Waals surface area contributed by atoms with Crippen molar-refractivity contribution < 1.29 is 35.9 Å². The fourth-order valence-electron chi connectivity index (χ4n) is 5.48. The molecule has 228 valence electrons. The minimum absolute atomic E-state index is 0.0386. The van der Waals surface area contributed by atoms with E-state index >= 15 is 0 Å². The molecule has 5 rings (SSSR count). The van der Waals surface area contributed by atoms with Crippen molar-refractivity contribution in [3.05, 3.63) is 82.9 Å². The molecule has 11 heteroatoms. The molecule has 2 heterocycles. The third kappa shape index (κ3) is 7.88. The van der Waals surface area contributed by atoms with Gasteiger partial charge in [-0.2, -0.15) is 26.3 Å². The number of carbonyl (C=O) groups is 1. The Morgan fingerprint density at radius 1 is 0.767 bits per heavy atom. The summed E-state index contributed by atoms with van der Waals surface area (Å²) in [4.78, 5) is 19.3. The molecule has 43 heavy (non-hydrogen) atoms. The zero-order valence-corrected chi connectivity index (χ0v) is 23.3. The van der Waals surface area contributed by atoms with Crippen LogP contribution in [0.1, 0.15) is 27.0 Å². The third-order valence-electron chi connectivity index (χ3n) is 7.78. The Hall–Kier alpha value is -3.59. The number of halogens is 6. The number of hydrogen-bond acceptors (Lipinski definition) is 4. The second-order valence-electron chi connectivity index (χ2n) is 10.8. The van der Waals surface area contributed by atoms with E-state index in [2.05, 4.69) is 21.6 Å². The number of benzene rings is 3. The minimum atomic E-state index is -5.04. The molecule has 0 N–H and O–H groups in total. The molecule has 2 saturated heterocycles. The Balaban J connectivity index is 1.39. The topological polar surface area (TPSA) is 36.0 Å². The molecule has 0 unspecified atom stereocenters. The van der Waals surface area contributed by atoms with Gasteiger partial charge in [-0.15, -0.1) is 0 Å². The van der Waals surface area contributed by atoms with Crippen LogP contribution >= 0.6 is 0 Å². The van der Waals surface area contributed by atoms with Crippen molar-refractivity contribution in [3.8, 4) is 11.8 Å². The molecule has 5 nitrogen and oxygen atoms in total. The van der Waals surface area contributed by atoms with Crippen LogP contribution in [0.15, 0.2) is 60.7 Å². The molecule has 0 aliphatic carbocycles. The lowest BCUT2D eigenvalue weighted by Gasteiger charge is -2.41. The summed E-state index contributed by atoms with van der Waals surface area (Å²) in [5, 5.41) is 2.02. The number of alkyl halides is 6. The van der Waals surface area contributed by atoms with E-state index in [1.165, 1.54) is 4.90 Å². The molecule has 0 bridgehead atoms. The fourth-order valence-corrected chi connectivity index (χ4v) is 5.48. The predicted molar refractivity (Wildman–Crippen MR) is 150 cm³/mol.